The van der Waals surface area contributed by atoms with Crippen LogP contribution in [0.4, 0.5) is 17.1 Å². The summed E-state index contributed by atoms with van der Waals surface area (Å²) in [5.74, 6) is 0. The highest BCUT2D eigenvalue weighted by atomic mass is 16.3. The summed E-state index contributed by atoms with van der Waals surface area (Å²) in [7, 11) is 0. The molecule has 13 rings (SSSR count). The van der Waals surface area contributed by atoms with E-state index >= 15 is 0 Å². The highest BCUT2D eigenvalue weighted by Gasteiger charge is 2.20. The van der Waals surface area contributed by atoms with Crippen molar-refractivity contribution in [3.63, 3.8) is 0 Å². The van der Waals surface area contributed by atoms with Gasteiger partial charge >= 0.3 is 0 Å². The predicted molar refractivity (Wildman–Crippen MR) is 290 cm³/mol. The molecule has 0 aliphatic heterocycles. The Labute approximate surface area is 401 Å². The number of nitrogens with zero attached hydrogens (tertiary/aromatic N) is 2. The Morgan fingerprint density at radius 1 is 0.261 bits per heavy atom. The van der Waals surface area contributed by atoms with Crippen LogP contribution in [0.3, 0.4) is 0 Å². The molecule has 11 aromatic carbocycles. The number of rotatable bonds is 9. The van der Waals surface area contributed by atoms with E-state index in [0.29, 0.717) is 0 Å². The first-order chi connectivity index (χ1) is 34.2. The second-order valence-corrected chi connectivity index (χ2v) is 17.6. The zero-order valence-corrected chi connectivity index (χ0v) is 37.7. The van der Waals surface area contributed by atoms with Gasteiger partial charge in [0, 0.05) is 49.7 Å². The molecule has 0 atom stereocenters. The Morgan fingerprint density at radius 3 is 1.23 bits per heavy atom. The van der Waals surface area contributed by atoms with Gasteiger partial charge in [0.25, 0.3) is 0 Å². The summed E-state index contributed by atoms with van der Waals surface area (Å²) >= 11 is 0. The first-order valence-electron chi connectivity index (χ1n) is 23.6. The summed E-state index contributed by atoms with van der Waals surface area (Å²) in [5, 5.41) is 4.76. The molecule has 324 valence electrons. The number of hydrogen-bond acceptors (Lipinski definition) is 2. The van der Waals surface area contributed by atoms with Crippen LogP contribution in [-0.4, -0.2) is 4.57 Å². The second kappa shape index (κ2) is 16.9. The lowest BCUT2D eigenvalue weighted by molar-refractivity contribution is 0.670. The van der Waals surface area contributed by atoms with Gasteiger partial charge in [-0.25, -0.2) is 0 Å². The fourth-order valence-electron chi connectivity index (χ4n) is 10.4. The van der Waals surface area contributed by atoms with Crippen molar-refractivity contribution in [2.75, 3.05) is 4.90 Å². The fourth-order valence-corrected chi connectivity index (χ4v) is 10.4. The lowest BCUT2D eigenvalue weighted by Crippen LogP contribution is -2.09. The summed E-state index contributed by atoms with van der Waals surface area (Å²) < 4.78 is 8.89. The summed E-state index contributed by atoms with van der Waals surface area (Å²) in [5.41, 5.74) is 20.2. The predicted octanol–water partition coefficient (Wildman–Crippen LogP) is 18.5. The molecule has 0 N–H and O–H groups in total. The molecule has 0 spiro atoms. The molecular formula is C66H44N2O. The van der Waals surface area contributed by atoms with Gasteiger partial charge in [0.15, 0.2) is 0 Å². The van der Waals surface area contributed by atoms with Crippen molar-refractivity contribution in [1.82, 2.24) is 4.57 Å². The van der Waals surface area contributed by atoms with Crippen molar-refractivity contribution in [2.45, 2.75) is 0 Å². The van der Waals surface area contributed by atoms with E-state index in [4.69, 9.17) is 4.42 Å². The highest BCUT2D eigenvalue weighted by Crippen LogP contribution is 2.43. The zero-order valence-electron chi connectivity index (χ0n) is 37.7. The fraction of sp³-hybridized carbons (Fsp3) is 0. The van der Waals surface area contributed by atoms with Gasteiger partial charge in [-0.15, -0.1) is 0 Å². The van der Waals surface area contributed by atoms with Crippen molar-refractivity contribution >= 4 is 60.8 Å². The average molecular weight is 881 g/mol. The maximum Gasteiger partial charge on any atom is 0.143 e. The highest BCUT2D eigenvalue weighted by molar-refractivity contribution is 6.11. The second-order valence-electron chi connectivity index (χ2n) is 17.6. The number of furan rings is 1. The van der Waals surface area contributed by atoms with Crippen LogP contribution in [0.25, 0.3) is 105 Å². The Bertz CT molecular complexity index is 3940. The van der Waals surface area contributed by atoms with Gasteiger partial charge in [-0.1, -0.05) is 206 Å². The number of benzene rings is 11. The van der Waals surface area contributed by atoms with Crippen LogP contribution >= 0.6 is 0 Å². The molecule has 0 fully saturated rings. The minimum atomic E-state index is 0.899. The van der Waals surface area contributed by atoms with E-state index < -0.39 is 0 Å². The molecule has 3 heteroatoms. The van der Waals surface area contributed by atoms with Gasteiger partial charge < -0.3 is 13.9 Å². The minimum absolute atomic E-state index is 0.899. The van der Waals surface area contributed by atoms with Gasteiger partial charge in [0.1, 0.15) is 11.2 Å². The number of hydrogen-bond donors (Lipinski definition) is 0. The largest absolute Gasteiger partial charge is 0.455 e. The summed E-state index contributed by atoms with van der Waals surface area (Å²) in [6, 6.07) is 96.0. The van der Waals surface area contributed by atoms with Crippen LogP contribution < -0.4 is 4.90 Å². The molecule has 0 aliphatic rings. The van der Waals surface area contributed by atoms with Crippen molar-refractivity contribution in [3.8, 4) is 61.3 Å². The third kappa shape index (κ3) is 6.99. The summed E-state index contributed by atoms with van der Waals surface area (Å²) in [6.45, 7) is 0. The molecule has 0 saturated carbocycles. The van der Waals surface area contributed by atoms with Crippen molar-refractivity contribution in [1.29, 1.82) is 0 Å². The van der Waals surface area contributed by atoms with Gasteiger partial charge in [0.05, 0.1) is 16.7 Å². The molecule has 0 unspecified atom stereocenters. The molecule has 13 aromatic rings. The number of para-hydroxylation sites is 5. The first kappa shape index (κ1) is 40.1. The van der Waals surface area contributed by atoms with Crippen molar-refractivity contribution in [2.24, 2.45) is 0 Å². The van der Waals surface area contributed by atoms with Crippen LogP contribution in [0, 0.1) is 0 Å². The van der Waals surface area contributed by atoms with Crippen LogP contribution in [0.2, 0.25) is 0 Å². The van der Waals surface area contributed by atoms with Crippen LogP contribution in [0.15, 0.2) is 271 Å². The Morgan fingerprint density at radius 2 is 0.652 bits per heavy atom. The van der Waals surface area contributed by atoms with E-state index in [0.717, 1.165) is 61.4 Å². The Hall–Kier alpha value is -9.18. The van der Waals surface area contributed by atoms with E-state index in [2.05, 4.69) is 264 Å². The molecule has 0 amide bonds. The van der Waals surface area contributed by atoms with E-state index in [9.17, 15) is 0 Å². The summed E-state index contributed by atoms with van der Waals surface area (Å²) in [6.07, 6.45) is 0. The van der Waals surface area contributed by atoms with Crippen LogP contribution in [-0.2, 0) is 0 Å². The number of aromatic nitrogens is 1. The third-order valence-corrected chi connectivity index (χ3v) is 13.7. The van der Waals surface area contributed by atoms with Gasteiger partial charge in [-0.05, 0) is 105 Å². The maximum atomic E-state index is 6.47. The molecule has 3 nitrogen and oxygen atoms in total. The average Bonchev–Trinajstić information content (AvgIpc) is 3.98. The van der Waals surface area contributed by atoms with E-state index in [-0.39, 0.29) is 0 Å². The Kier molecular flexibility index (Phi) is 9.84. The maximum absolute atomic E-state index is 6.47. The van der Waals surface area contributed by atoms with Crippen LogP contribution in [0.1, 0.15) is 0 Å². The lowest BCUT2D eigenvalue weighted by Gasteiger charge is -2.26. The quantitative estimate of drug-likeness (QED) is 0.144. The van der Waals surface area contributed by atoms with Gasteiger partial charge in [0.2, 0.25) is 0 Å². The zero-order chi connectivity index (χ0) is 45.7. The minimum Gasteiger partial charge on any atom is -0.455 e. The molecule has 0 radical (unpaired) electrons. The monoisotopic (exact) mass is 880 g/mol. The normalized spacial score (nSPS) is 11.5. The lowest BCUT2D eigenvalue weighted by atomic mass is 9.93. The number of fused-ring (bicyclic) bond motifs is 6. The van der Waals surface area contributed by atoms with E-state index in [1.165, 1.54) is 60.8 Å². The standard InChI is InChI=1S/C66H44N2O/c1-2-17-45(18-3-1)52-19-4-5-20-53(52)46-33-39-49(40-34-46)67(51-43-37-48(38-44-51)55-27-16-28-61-60-26-11-15-32-65(60)69-66(55)61)50-41-35-47(36-42-50)54-21-6-7-22-56(54)57-23-8-12-29-62(57)68-63-30-13-9-24-58(63)59-25-10-14-31-64(59)68/h1-44H. The number of anilines is 3. The summed E-state index contributed by atoms with van der Waals surface area (Å²) in [4.78, 5) is 2.35. The van der Waals surface area contributed by atoms with Crippen molar-refractivity contribution in [3.05, 3.63) is 267 Å². The molecule has 2 heterocycles. The molecule has 69 heavy (non-hydrogen) atoms. The van der Waals surface area contributed by atoms with Gasteiger partial charge in [-0.2, -0.15) is 0 Å². The molecule has 0 bridgehead atoms. The van der Waals surface area contributed by atoms with E-state index in [1.54, 1.807) is 0 Å². The first-order valence-corrected chi connectivity index (χ1v) is 23.6. The molecular weight excluding hydrogens is 837 g/mol. The van der Waals surface area contributed by atoms with Gasteiger partial charge in [-0.3, -0.25) is 0 Å². The smallest absolute Gasteiger partial charge is 0.143 e. The van der Waals surface area contributed by atoms with Crippen LogP contribution in [0.5, 0.6) is 0 Å². The molecule has 2 aromatic heterocycles. The van der Waals surface area contributed by atoms with Crippen molar-refractivity contribution < 1.29 is 4.42 Å². The van der Waals surface area contributed by atoms with E-state index in [1.807, 2.05) is 12.1 Å². The molecule has 0 aliphatic carbocycles. The molecule has 0 saturated heterocycles. The topological polar surface area (TPSA) is 21.3 Å². The Balaban J connectivity index is 0.903. The third-order valence-electron chi connectivity index (χ3n) is 13.7. The SMILES string of the molecule is c1ccc(-c2ccccc2-c2ccc(N(c3ccc(-c4ccccc4-c4ccccc4-n4c5ccccc5c5ccccc54)cc3)c3ccc(-c4cccc5c4oc4ccccc45)cc3)cc2)cc1.